The molecule has 1 heterocycles. The molecule has 0 amide bonds. The molecule has 0 spiro atoms. The second kappa shape index (κ2) is 9.34. The van der Waals surface area contributed by atoms with E-state index in [4.69, 9.17) is 0 Å². The van der Waals surface area contributed by atoms with Crippen LogP contribution < -0.4 is 10.2 Å². The van der Waals surface area contributed by atoms with E-state index in [0.717, 1.165) is 36.2 Å². The lowest BCUT2D eigenvalue weighted by atomic mass is 10.2. The standard InChI is InChI=1S/C14H26N4S2/c1-6-8-15-12-10-13(17-14(16-12)20-5)18(3)11(2)7-9-19-4/h10-11H,6-9H2,1-5H3,(H,15,16,17). The van der Waals surface area contributed by atoms with Gasteiger partial charge in [-0.25, -0.2) is 9.97 Å². The minimum atomic E-state index is 0.478. The molecule has 1 atom stereocenters. The summed E-state index contributed by atoms with van der Waals surface area (Å²) in [5.74, 6) is 3.09. The lowest BCUT2D eigenvalue weighted by Gasteiger charge is -2.26. The summed E-state index contributed by atoms with van der Waals surface area (Å²) in [5.41, 5.74) is 0. The fourth-order valence-corrected chi connectivity index (χ4v) is 2.69. The van der Waals surface area contributed by atoms with Crippen molar-refractivity contribution in [1.82, 2.24) is 9.97 Å². The van der Waals surface area contributed by atoms with E-state index in [1.54, 1.807) is 11.8 Å². The molecule has 0 aliphatic carbocycles. The Morgan fingerprint density at radius 3 is 2.70 bits per heavy atom. The molecule has 114 valence electrons. The molecule has 1 aromatic rings. The van der Waals surface area contributed by atoms with Gasteiger partial charge in [0.2, 0.25) is 0 Å². The van der Waals surface area contributed by atoms with Crippen LogP contribution in [-0.2, 0) is 0 Å². The van der Waals surface area contributed by atoms with E-state index >= 15 is 0 Å². The highest BCUT2D eigenvalue weighted by molar-refractivity contribution is 7.98. The summed E-state index contributed by atoms with van der Waals surface area (Å²) in [6, 6.07) is 2.52. The second-order valence-corrected chi connectivity index (χ2v) is 6.53. The molecule has 0 saturated heterocycles. The number of hydrogen-bond acceptors (Lipinski definition) is 6. The molecule has 1 unspecified atom stereocenters. The largest absolute Gasteiger partial charge is 0.370 e. The molecule has 0 bridgehead atoms. The van der Waals surface area contributed by atoms with Crippen molar-refractivity contribution in [3.8, 4) is 0 Å². The minimum Gasteiger partial charge on any atom is -0.370 e. The van der Waals surface area contributed by atoms with E-state index in [1.807, 2.05) is 24.1 Å². The number of anilines is 2. The van der Waals surface area contributed by atoms with Crippen molar-refractivity contribution in [2.75, 3.05) is 42.1 Å². The molecule has 0 fully saturated rings. The molecular weight excluding hydrogens is 288 g/mol. The maximum absolute atomic E-state index is 4.62. The average molecular weight is 315 g/mol. The van der Waals surface area contributed by atoms with Crippen molar-refractivity contribution in [2.45, 2.75) is 37.9 Å². The molecule has 20 heavy (non-hydrogen) atoms. The normalized spacial score (nSPS) is 12.2. The third kappa shape index (κ3) is 5.40. The Kier molecular flexibility index (Phi) is 8.14. The van der Waals surface area contributed by atoms with E-state index in [2.05, 4.69) is 47.3 Å². The first-order valence-corrected chi connectivity index (χ1v) is 9.62. The summed E-state index contributed by atoms with van der Waals surface area (Å²) < 4.78 is 0. The van der Waals surface area contributed by atoms with Gasteiger partial charge in [0, 0.05) is 25.7 Å². The van der Waals surface area contributed by atoms with Crippen LogP contribution in [0.5, 0.6) is 0 Å². The van der Waals surface area contributed by atoms with E-state index in [1.165, 1.54) is 5.75 Å². The van der Waals surface area contributed by atoms with Crippen molar-refractivity contribution >= 4 is 35.2 Å². The molecule has 6 heteroatoms. The molecule has 1 N–H and O–H groups in total. The van der Waals surface area contributed by atoms with E-state index < -0.39 is 0 Å². The predicted octanol–water partition coefficient (Wildman–Crippen LogP) is 3.60. The number of hydrogen-bond donors (Lipinski definition) is 1. The first-order valence-electron chi connectivity index (χ1n) is 7.01. The van der Waals surface area contributed by atoms with Gasteiger partial charge in [-0.05, 0) is 38.0 Å². The lowest BCUT2D eigenvalue weighted by Crippen LogP contribution is -2.30. The lowest BCUT2D eigenvalue weighted by molar-refractivity contribution is 0.657. The molecule has 0 aliphatic rings. The van der Waals surface area contributed by atoms with Crippen LogP contribution >= 0.6 is 23.5 Å². The number of rotatable bonds is 9. The molecule has 1 rings (SSSR count). The zero-order valence-corrected chi connectivity index (χ0v) is 14.8. The Labute approximate surface area is 131 Å². The van der Waals surface area contributed by atoms with Crippen LogP contribution in [0.4, 0.5) is 11.6 Å². The van der Waals surface area contributed by atoms with Crippen LogP contribution in [0.1, 0.15) is 26.7 Å². The highest BCUT2D eigenvalue weighted by Crippen LogP contribution is 2.22. The Hall–Kier alpha value is -0.620. The number of thioether (sulfide) groups is 2. The minimum absolute atomic E-state index is 0.478. The number of nitrogens with zero attached hydrogens (tertiary/aromatic N) is 3. The van der Waals surface area contributed by atoms with Gasteiger partial charge in [-0.15, -0.1) is 0 Å². The summed E-state index contributed by atoms with van der Waals surface area (Å²) in [6.45, 7) is 5.34. The van der Waals surface area contributed by atoms with Gasteiger partial charge >= 0.3 is 0 Å². The van der Waals surface area contributed by atoms with Crippen molar-refractivity contribution in [2.24, 2.45) is 0 Å². The van der Waals surface area contributed by atoms with Crippen molar-refractivity contribution in [3.05, 3.63) is 6.07 Å². The Balaban J connectivity index is 2.85. The van der Waals surface area contributed by atoms with Crippen molar-refractivity contribution in [1.29, 1.82) is 0 Å². The van der Waals surface area contributed by atoms with Gasteiger partial charge in [-0.2, -0.15) is 11.8 Å². The van der Waals surface area contributed by atoms with Crippen LogP contribution in [0, 0.1) is 0 Å². The van der Waals surface area contributed by atoms with Crippen molar-refractivity contribution < 1.29 is 0 Å². The quantitative estimate of drug-likeness (QED) is 0.555. The fourth-order valence-electron chi connectivity index (χ4n) is 1.74. The maximum Gasteiger partial charge on any atom is 0.191 e. The SMILES string of the molecule is CCCNc1cc(N(C)C(C)CCSC)nc(SC)n1. The van der Waals surface area contributed by atoms with Crippen LogP contribution in [-0.4, -0.2) is 47.9 Å². The third-order valence-corrected chi connectivity index (χ3v) is 4.38. The van der Waals surface area contributed by atoms with Crippen LogP contribution in [0.15, 0.2) is 11.2 Å². The van der Waals surface area contributed by atoms with Crippen LogP contribution in [0.3, 0.4) is 0 Å². The number of nitrogens with one attached hydrogen (secondary N) is 1. The maximum atomic E-state index is 4.62. The van der Waals surface area contributed by atoms with Gasteiger partial charge in [0.15, 0.2) is 5.16 Å². The summed E-state index contributed by atoms with van der Waals surface area (Å²) >= 11 is 3.47. The van der Waals surface area contributed by atoms with Gasteiger partial charge in [-0.3, -0.25) is 0 Å². The average Bonchev–Trinajstić information content (AvgIpc) is 2.49. The summed E-state index contributed by atoms with van der Waals surface area (Å²) in [6.07, 6.45) is 6.41. The zero-order chi connectivity index (χ0) is 15.0. The highest BCUT2D eigenvalue weighted by atomic mass is 32.2. The monoisotopic (exact) mass is 314 g/mol. The smallest absolute Gasteiger partial charge is 0.191 e. The van der Waals surface area contributed by atoms with Crippen molar-refractivity contribution in [3.63, 3.8) is 0 Å². The van der Waals surface area contributed by atoms with Gasteiger partial charge in [0.05, 0.1) is 0 Å². The van der Waals surface area contributed by atoms with Crippen LogP contribution in [0.2, 0.25) is 0 Å². The Morgan fingerprint density at radius 1 is 1.35 bits per heavy atom. The van der Waals surface area contributed by atoms with E-state index in [0.29, 0.717) is 6.04 Å². The van der Waals surface area contributed by atoms with Gasteiger partial charge < -0.3 is 10.2 Å². The molecule has 0 radical (unpaired) electrons. The fraction of sp³-hybridized carbons (Fsp3) is 0.714. The Bertz CT molecular complexity index is 401. The molecule has 0 aromatic carbocycles. The number of aromatic nitrogens is 2. The first-order chi connectivity index (χ1) is 9.62. The van der Waals surface area contributed by atoms with Crippen LogP contribution in [0.25, 0.3) is 0 Å². The second-order valence-electron chi connectivity index (χ2n) is 4.77. The summed E-state index contributed by atoms with van der Waals surface area (Å²) in [5, 5.41) is 4.18. The predicted molar refractivity (Wildman–Crippen MR) is 93.5 cm³/mol. The Morgan fingerprint density at radius 2 is 2.10 bits per heavy atom. The summed E-state index contributed by atoms with van der Waals surface area (Å²) in [7, 11) is 2.11. The third-order valence-electron chi connectivity index (χ3n) is 3.19. The summed E-state index contributed by atoms with van der Waals surface area (Å²) in [4.78, 5) is 11.4. The molecule has 0 saturated carbocycles. The first kappa shape index (κ1) is 17.4. The highest BCUT2D eigenvalue weighted by Gasteiger charge is 2.13. The topological polar surface area (TPSA) is 41.0 Å². The van der Waals surface area contributed by atoms with Gasteiger partial charge in [0.1, 0.15) is 11.6 Å². The van der Waals surface area contributed by atoms with Gasteiger partial charge in [-0.1, -0.05) is 18.7 Å². The van der Waals surface area contributed by atoms with E-state index in [-0.39, 0.29) is 0 Å². The molecule has 0 aliphatic heterocycles. The van der Waals surface area contributed by atoms with Gasteiger partial charge in [0.25, 0.3) is 0 Å². The molecule has 1 aromatic heterocycles. The molecular formula is C14H26N4S2. The zero-order valence-electron chi connectivity index (χ0n) is 13.1. The molecule has 4 nitrogen and oxygen atoms in total. The van der Waals surface area contributed by atoms with E-state index in [9.17, 15) is 0 Å².